The molecule has 0 aliphatic carbocycles. The zero-order valence-corrected chi connectivity index (χ0v) is 20.0. The Balaban J connectivity index is 1.27. The van der Waals surface area contributed by atoms with Crippen molar-refractivity contribution in [2.75, 3.05) is 18.5 Å². The van der Waals surface area contributed by atoms with Crippen molar-refractivity contribution in [1.82, 2.24) is 29.5 Å². The van der Waals surface area contributed by atoms with Crippen molar-refractivity contribution in [2.45, 2.75) is 25.7 Å². The number of carbonyl (C=O) groups is 1. The summed E-state index contributed by atoms with van der Waals surface area (Å²) in [6.45, 7) is 1.44. The van der Waals surface area contributed by atoms with E-state index in [0.29, 0.717) is 36.0 Å². The first-order chi connectivity index (χ1) is 17.5. The molecule has 10 heteroatoms. The second-order valence-corrected chi connectivity index (χ2v) is 8.92. The zero-order chi connectivity index (χ0) is 24.9. The molecule has 184 valence electrons. The Kier molecular flexibility index (Phi) is 6.94. The van der Waals surface area contributed by atoms with Crippen molar-refractivity contribution in [3.8, 4) is 17.1 Å². The fraction of sp³-hybridized carbons (Fsp3) is 0.308. The fourth-order valence-corrected chi connectivity index (χ4v) is 4.22. The van der Waals surface area contributed by atoms with Crippen LogP contribution >= 0.6 is 0 Å². The highest BCUT2D eigenvalue weighted by Crippen LogP contribution is 2.21. The molecule has 10 nitrogen and oxygen atoms in total. The van der Waals surface area contributed by atoms with Crippen LogP contribution in [0, 0.1) is 5.92 Å². The minimum absolute atomic E-state index is 0.0347. The van der Waals surface area contributed by atoms with Crippen LogP contribution in [0.3, 0.4) is 0 Å². The van der Waals surface area contributed by atoms with Crippen LogP contribution in [0.5, 0.6) is 0 Å². The molecule has 4 heterocycles. The highest BCUT2D eigenvalue weighted by atomic mass is 16.5. The average Bonchev–Trinajstić information content (AvgIpc) is 3.33. The number of benzene rings is 1. The van der Waals surface area contributed by atoms with Gasteiger partial charge >= 0.3 is 0 Å². The van der Waals surface area contributed by atoms with Gasteiger partial charge in [-0.05, 0) is 30.4 Å². The standard InChI is InChI=1S/C26H27N7O3/c1-32-17-22(16-29-32)33-8-5-24(34)23(31-33)12-19-3-2-4-20(11-19)26-27-14-21(15-28-26)30-25(35)13-18-6-9-36-10-7-18/h2-5,8,11,14-18H,6-7,9-10,12-13H2,1H3,(H,30,35). The van der Waals surface area contributed by atoms with E-state index in [0.717, 1.165) is 42.9 Å². The molecule has 1 fully saturated rings. The van der Waals surface area contributed by atoms with Crippen LogP contribution in [0.15, 0.2) is 66.1 Å². The van der Waals surface area contributed by atoms with Crippen LogP contribution in [-0.4, -0.2) is 48.6 Å². The number of hydrogen-bond acceptors (Lipinski definition) is 7. The molecule has 1 N–H and O–H groups in total. The van der Waals surface area contributed by atoms with E-state index in [-0.39, 0.29) is 11.3 Å². The second kappa shape index (κ2) is 10.6. The Morgan fingerprint density at radius 2 is 1.94 bits per heavy atom. The van der Waals surface area contributed by atoms with Crippen molar-refractivity contribution in [3.05, 3.63) is 82.8 Å². The molecule has 0 atom stereocenters. The number of amides is 1. The van der Waals surface area contributed by atoms with Gasteiger partial charge in [-0.25, -0.2) is 14.6 Å². The second-order valence-electron chi connectivity index (χ2n) is 8.92. The molecule has 1 aliphatic heterocycles. The van der Waals surface area contributed by atoms with E-state index in [2.05, 4.69) is 25.5 Å². The molecule has 1 saturated heterocycles. The lowest BCUT2D eigenvalue weighted by Crippen LogP contribution is -2.22. The van der Waals surface area contributed by atoms with Crippen LogP contribution in [-0.2, 0) is 23.0 Å². The molecular formula is C26H27N7O3. The molecule has 36 heavy (non-hydrogen) atoms. The van der Waals surface area contributed by atoms with Crippen molar-refractivity contribution in [3.63, 3.8) is 0 Å². The quantitative estimate of drug-likeness (QED) is 0.428. The largest absolute Gasteiger partial charge is 0.381 e. The number of aromatic nitrogens is 6. The van der Waals surface area contributed by atoms with Crippen molar-refractivity contribution >= 4 is 11.6 Å². The van der Waals surface area contributed by atoms with E-state index in [1.54, 1.807) is 34.2 Å². The number of carbonyl (C=O) groups excluding carboxylic acids is 1. The molecule has 0 bridgehead atoms. The van der Waals surface area contributed by atoms with Gasteiger partial charge in [-0.15, -0.1) is 0 Å². The molecule has 4 aromatic rings. The van der Waals surface area contributed by atoms with E-state index in [9.17, 15) is 9.59 Å². The van der Waals surface area contributed by atoms with Crippen LogP contribution in [0.4, 0.5) is 5.69 Å². The maximum Gasteiger partial charge on any atom is 0.224 e. The van der Waals surface area contributed by atoms with E-state index in [1.165, 1.54) is 6.07 Å². The van der Waals surface area contributed by atoms with Crippen LogP contribution in [0.2, 0.25) is 0 Å². The first-order valence-corrected chi connectivity index (χ1v) is 11.9. The summed E-state index contributed by atoms with van der Waals surface area (Å²) < 4.78 is 8.68. The minimum atomic E-state index is -0.127. The third-order valence-corrected chi connectivity index (χ3v) is 6.14. The summed E-state index contributed by atoms with van der Waals surface area (Å²) in [6, 6.07) is 9.21. The van der Waals surface area contributed by atoms with Gasteiger partial charge in [-0.1, -0.05) is 18.2 Å². The van der Waals surface area contributed by atoms with E-state index in [4.69, 9.17) is 4.74 Å². The Morgan fingerprint density at radius 1 is 1.14 bits per heavy atom. The third-order valence-electron chi connectivity index (χ3n) is 6.14. The van der Waals surface area contributed by atoms with Gasteiger partial charge in [-0.3, -0.25) is 14.3 Å². The SMILES string of the molecule is Cn1cc(-n2ccc(=O)c(Cc3cccc(-c4ncc(NC(=O)CC5CCOCC5)cn4)c3)n2)cn1. The topological polar surface area (TPSA) is 117 Å². The Bertz CT molecular complexity index is 1410. The minimum Gasteiger partial charge on any atom is -0.381 e. The predicted octanol–water partition coefficient (Wildman–Crippen LogP) is 2.77. The average molecular weight is 486 g/mol. The van der Waals surface area contributed by atoms with E-state index < -0.39 is 0 Å². The molecule has 0 unspecified atom stereocenters. The molecule has 1 aliphatic rings. The smallest absolute Gasteiger partial charge is 0.224 e. The van der Waals surface area contributed by atoms with Gasteiger partial charge in [0.25, 0.3) is 0 Å². The Labute approximate surface area is 208 Å². The maximum absolute atomic E-state index is 12.5. The monoisotopic (exact) mass is 485 g/mol. The number of rotatable bonds is 7. The number of aryl methyl sites for hydroxylation is 1. The van der Waals surface area contributed by atoms with Gasteiger partial charge in [0.1, 0.15) is 11.4 Å². The maximum atomic E-state index is 12.5. The van der Waals surface area contributed by atoms with Gasteiger partial charge in [0.15, 0.2) is 5.82 Å². The van der Waals surface area contributed by atoms with Crippen LogP contribution < -0.4 is 10.7 Å². The molecule has 5 rings (SSSR count). The molecule has 1 aromatic carbocycles. The summed E-state index contributed by atoms with van der Waals surface area (Å²) in [5.41, 5.74) is 3.38. The summed E-state index contributed by atoms with van der Waals surface area (Å²) in [4.78, 5) is 33.7. The number of hydrogen-bond donors (Lipinski definition) is 1. The summed E-state index contributed by atoms with van der Waals surface area (Å²) in [5.74, 6) is 0.856. The number of anilines is 1. The third kappa shape index (κ3) is 5.72. The first kappa shape index (κ1) is 23.6. The lowest BCUT2D eigenvalue weighted by Gasteiger charge is -2.21. The van der Waals surface area contributed by atoms with Gasteiger partial charge < -0.3 is 10.1 Å². The molecule has 0 spiro atoms. The van der Waals surface area contributed by atoms with Gasteiger partial charge in [0.05, 0.1) is 30.5 Å². The molecule has 0 radical (unpaired) electrons. The summed E-state index contributed by atoms with van der Waals surface area (Å²) in [5, 5.41) is 11.5. The fourth-order valence-electron chi connectivity index (χ4n) is 4.22. The first-order valence-electron chi connectivity index (χ1n) is 11.9. The highest BCUT2D eigenvalue weighted by molar-refractivity contribution is 5.90. The number of nitrogens with one attached hydrogen (secondary N) is 1. The van der Waals surface area contributed by atoms with Crippen molar-refractivity contribution in [1.29, 1.82) is 0 Å². The summed E-state index contributed by atoms with van der Waals surface area (Å²) >= 11 is 0. The number of ether oxygens (including phenoxy) is 1. The Hall–Kier alpha value is -4.18. The van der Waals surface area contributed by atoms with Gasteiger partial charge in [-0.2, -0.15) is 10.2 Å². The lowest BCUT2D eigenvalue weighted by atomic mass is 9.96. The highest BCUT2D eigenvalue weighted by Gasteiger charge is 2.17. The zero-order valence-electron chi connectivity index (χ0n) is 20.0. The van der Waals surface area contributed by atoms with E-state index >= 15 is 0 Å². The van der Waals surface area contributed by atoms with Gasteiger partial charge in [0.2, 0.25) is 11.3 Å². The summed E-state index contributed by atoms with van der Waals surface area (Å²) in [6.07, 6.45) is 11.1. The van der Waals surface area contributed by atoms with Crippen LogP contribution in [0.1, 0.15) is 30.5 Å². The van der Waals surface area contributed by atoms with Crippen LogP contribution in [0.25, 0.3) is 17.1 Å². The molecule has 0 saturated carbocycles. The van der Waals surface area contributed by atoms with Gasteiger partial charge in [0, 0.05) is 50.9 Å². The molecular weight excluding hydrogens is 458 g/mol. The lowest BCUT2D eigenvalue weighted by molar-refractivity contribution is -0.117. The predicted molar refractivity (Wildman–Crippen MR) is 134 cm³/mol. The molecule has 1 amide bonds. The normalized spacial score (nSPS) is 14.0. The summed E-state index contributed by atoms with van der Waals surface area (Å²) in [7, 11) is 1.83. The Morgan fingerprint density at radius 3 is 2.69 bits per heavy atom. The number of nitrogens with zero attached hydrogens (tertiary/aromatic N) is 6. The molecule has 3 aromatic heterocycles. The van der Waals surface area contributed by atoms with E-state index in [1.807, 2.05) is 37.5 Å². The van der Waals surface area contributed by atoms with Crippen molar-refractivity contribution < 1.29 is 9.53 Å². The van der Waals surface area contributed by atoms with Crippen molar-refractivity contribution in [2.24, 2.45) is 13.0 Å².